The van der Waals surface area contributed by atoms with Crippen LogP contribution in [-0.2, 0) is 11.8 Å². The van der Waals surface area contributed by atoms with E-state index in [1.165, 1.54) is 0 Å². The van der Waals surface area contributed by atoms with E-state index in [0.717, 1.165) is 17.0 Å². The van der Waals surface area contributed by atoms with Crippen molar-refractivity contribution in [2.24, 2.45) is 7.05 Å². The van der Waals surface area contributed by atoms with Crippen LogP contribution in [0.2, 0.25) is 0 Å². The number of aromatic nitrogens is 3. The van der Waals surface area contributed by atoms with Gasteiger partial charge in [-0.15, -0.1) is 0 Å². The summed E-state index contributed by atoms with van der Waals surface area (Å²) >= 11 is 3.42. The molecule has 0 bridgehead atoms. The highest BCUT2D eigenvalue weighted by Gasteiger charge is 2.21. The van der Waals surface area contributed by atoms with Crippen molar-refractivity contribution in [2.45, 2.75) is 13.8 Å². The Morgan fingerprint density at radius 2 is 2.21 bits per heavy atom. The Morgan fingerprint density at radius 1 is 1.47 bits per heavy atom. The molecule has 0 amide bonds. The zero-order valence-corrected chi connectivity index (χ0v) is 12.6. The van der Waals surface area contributed by atoms with Gasteiger partial charge in [0, 0.05) is 24.5 Å². The van der Waals surface area contributed by atoms with Crippen LogP contribution < -0.4 is 0 Å². The number of carbonyl (C=O) groups excluding carboxylic acids is 1. The van der Waals surface area contributed by atoms with Crippen molar-refractivity contribution < 1.29 is 9.53 Å². The van der Waals surface area contributed by atoms with E-state index in [2.05, 4.69) is 26.0 Å². The predicted molar refractivity (Wildman–Crippen MR) is 74.8 cm³/mol. The van der Waals surface area contributed by atoms with E-state index in [1.54, 1.807) is 24.9 Å². The van der Waals surface area contributed by atoms with Crippen LogP contribution in [-0.4, -0.2) is 27.3 Å². The molecule has 0 saturated heterocycles. The van der Waals surface area contributed by atoms with Gasteiger partial charge < -0.3 is 4.74 Å². The first-order valence-electron chi connectivity index (χ1n) is 5.87. The molecule has 19 heavy (non-hydrogen) atoms. The minimum atomic E-state index is -0.434. The van der Waals surface area contributed by atoms with Crippen molar-refractivity contribution >= 4 is 21.9 Å². The minimum Gasteiger partial charge on any atom is -0.461 e. The van der Waals surface area contributed by atoms with Gasteiger partial charge in [0.2, 0.25) is 0 Å². The lowest BCUT2D eigenvalue weighted by Crippen LogP contribution is -2.06. The third kappa shape index (κ3) is 2.68. The number of aryl methyl sites for hydroxylation is 2. The highest BCUT2D eigenvalue weighted by Crippen LogP contribution is 2.30. The number of carbonyl (C=O) groups is 1. The molecule has 0 atom stereocenters. The van der Waals surface area contributed by atoms with Crippen LogP contribution in [0.25, 0.3) is 11.3 Å². The summed E-state index contributed by atoms with van der Waals surface area (Å²) in [6.07, 6.45) is 1.76. The largest absolute Gasteiger partial charge is 0.461 e. The van der Waals surface area contributed by atoms with Gasteiger partial charge in [-0.1, -0.05) is 0 Å². The average molecular weight is 324 g/mol. The Labute approximate surface area is 119 Å². The van der Waals surface area contributed by atoms with Crippen LogP contribution in [0, 0.1) is 6.92 Å². The third-order valence-corrected chi connectivity index (χ3v) is 3.39. The van der Waals surface area contributed by atoms with Crippen LogP contribution in [0.5, 0.6) is 0 Å². The van der Waals surface area contributed by atoms with Crippen molar-refractivity contribution in [3.05, 3.63) is 34.2 Å². The van der Waals surface area contributed by atoms with E-state index in [9.17, 15) is 4.79 Å². The summed E-state index contributed by atoms with van der Waals surface area (Å²) < 4.78 is 7.24. The normalized spacial score (nSPS) is 10.5. The van der Waals surface area contributed by atoms with Crippen LogP contribution in [0.3, 0.4) is 0 Å². The Balaban J connectivity index is 2.47. The molecule has 0 unspecified atom stereocenters. The Kier molecular flexibility index (Phi) is 3.99. The fraction of sp³-hybridized carbons (Fsp3) is 0.308. The van der Waals surface area contributed by atoms with E-state index >= 15 is 0 Å². The van der Waals surface area contributed by atoms with Crippen molar-refractivity contribution in [2.75, 3.05) is 6.61 Å². The second-order valence-corrected chi connectivity index (χ2v) is 4.84. The molecule has 2 aromatic heterocycles. The van der Waals surface area contributed by atoms with Gasteiger partial charge in [0.05, 0.1) is 16.8 Å². The number of hydrogen-bond donors (Lipinski definition) is 0. The summed E-state index contributed by atoms with van der Waals surface area (Å²) in [5.41, 5.74) is 2.91. The molecule has 0 aliphatic heterocycles. The SMILES string of the molecule is CCOC(=O)c1nn(C)c(-c2ccc(C)nc2)c1Br. The molecule has 0 aliphatic rings. The molecule has 5 nitrogen and oxygen atoms in total. The third-order valence-electron chi connectivity index (χ3n) is 2.64. The Morgan fingerprint density at radius 3 is 2.79 bits per heavy atom. The van der Waals surface area contributed by atoms with Gasteiger partial charge in [-0.3, -0.25) is 9.67 Å². The van der Waals surface area contributed by atoms with E-state index in [4.69, 9.17) is 4.74 Å². The zero-order valence-electron chi connectivity index (χ0n) is 11.0. The van der Waals surface area contributed by atoms with Crippen LogP contribution in [0.4, 0.5) is 0 Å². The van der Waals surface area contributed by atoms with E-state index in [1.807, 2.05) is 19.1 Å². The highest BCUT2D eigenvalue weighted by molar-refractivity contribution is 9.10. The fourth-order valence-electron chi connectivity index (χ4n) is 1.75. The maximum absolute atomic E-state index is 11.8. The highest BCUT2D eigenvalue weighted by atomic mass is 79.9. The maximum atomic E-state index is 11.8. The van der Waals surface area contributed by atoms with Gasteiger partial charge in [0.25, 0.3) is 0 Å². The molecule has 100 valence electrons. The van der Waals surface area contributed by atoms with Crippen molar-refractivity contribution in [1.29, 1.82) is 0 Å². The molecule has 6 heteroatoms. The molecule has 2 rings (SSSR count). The fourth-order valence-corrected chi connectivity index (χ4v) is 2.48. The van der Waals surface area contributed by atoms with Crippen molar-refractivity contribution in [1.82, 2.24) is 14.8 Å². The van der Waals surface area contributed by atoms with Gasteiger partial charge in [0.1, 0.15) is 0 Å². The van der Waals surface area contributed by atoms with Crippen molar-refractivity contribution in [3.8, 4) is 11.3 Å². The molecule has 0 fully saturated rings. The van der Waals surface area contributed by atoms with E-state index in [0.29, 0.717) is 11.1 Å². The molecule has 0 spiro atoms. The van der Waals surface area contributed by atoms with Crippen LogP contribution in [0.1, 0.15) is 23.1 Å². The second kappa shape index (κ2) is 5.52. The van der Waals surface area contributed by atoms with Gasteiger partial charge in [0.15, 0.2) is 5.69 Å². The van der Waals surface area contributed by atoms with E-state index in [-0.39, 0.29) is 5.69 Å². The molecule has 0 saturated carbocycles. The molecular weight excluding hydrogens is 310 g/mol. The average Bonchev–Trinajstić information content (AvgIpc) is 2.67. The number of esters is 1. The lowest BCUT2D eigenvalue weighted by molar-refractivity contribution is 0.0517. The predicted octanol–water partition coefficient (Wildman–Crippen LogP) is 2.73. The molecule has 2 aromatic rings. The lowest BCUT2D eigenvalue weighted by Gasteiger charge is -2.02. The summed E-state index contributed by atoms with van der Waals surface area (Å²) in [7, 11) is 1.78. The summed E-state index contributed by atoms with van der Waals surface area (Å²) in [5, 5.41) is 4.19. The number of ether oxygens (including phenoxy) is 1. The molecular formula is C13H14BrN3O2. The first-order chi connectivity index (χ1) is 9.04. The quantitative estimate of drug-likeness (QED) is 0.815. The van der Waals surface area contributed by atoms with Crippen LogP contribution in [0.15, 0.2) is 22.8 Å². The molecule has 0 radical (unpaired) electrons. The van der Waals surface area contributed by atoms with Gasteiger partial charge in [-0.05, 0) is 41.9 Å². The number of rotatable bonds is 3. The number of halogens is 1. The monoisotopic (exact) mass is 323 g/mol. The number of hydrogen-bond acceptors (Lipinski definition) is 4. The van der Waals surface area contributed by atoms with Gasteiger partial charge >= 0.3 is 5.97 Å². The van der Waals surface area contributed by atoms with Gasteiger partial charge in [-0.2, -0.15) is 5.10 Å². The first kappa shape index (κ1) is 13.7. The minimum absolute atomic E-state index is 0.278. The number of pyridine rings is 1. The molecule has 0 N–H and O–H groups in total. The topological polar surface area (TPSA) is 57.0 Å². The summed E-state index contributed by atoms with van der Waals surface area (Å²) in [5.74, 6) is -0.434. The zero-order chi connectivity index (χ0) is 14.0. The Bertz CT molecular complexity index is 605. The summed E-state index contributed by atoms with van der Waals surface area (Å²) in [6.45, 7) is 4.01. The summed E-state index contributed by atoms with van der Waals surface area (Å²) in [4.78, 5) is 16.0. The van der Waals surface area contributed by atoms with Gasteiger partial charge in [-0.25, -0.2) is 4.79 Å². The van der Waals surface area contributed by atoms with E-state index < -0.39 is 5.97 Å². The smallest absolute Gasteiger partial charge is 0.360 e. The summed E-state index contributed by atoms with van der Waals surface area (Å²) in [6, 6.07) is 3.86. The van der Waals surface area contributed by atoms with Crippen LogP contribution >= 0.6 is 15.9 Å². The standard InChI is InChI=1S/C13H14BrN3O2/c1-4-19-13(18)11-10(14)12(17(3)16-11)9-6-5-8(2)15-7-9/h5-7H,4H2,1-3H3. The number of nitrogens with zero attached hydrogens (tertiary/aromatic N) is 3. The molecule has 2 heterocycles. The maximum Gasteiger partial charge on any atom is 0.360 e. The first-order valence-corrected chi connectivity index (χ1v) is 6.66. The lowest BCUT2D eigenvalue weighted by atomic mass is 10.2. The molecule has 0 aromatic carbocycles. The molecule has 0 aliphatic carbocycles. The Hall–Kier alpha value is -1.69. The second-order valence-electron chi connectivity index (χ2n) is 4.04. The van der Waals surface area contributed by atoms with Crippen molar-refractivity contribution in [3.63, 3.8) is 0 Å².